The lowest BCUT2D eigenvalue weighted by atomic mass is 9.81. The lowest BCUT2D eigenvalue weighted by Crippen LogP contribution is -2.23. The summed E-state index contributed by atoms with van der Waals surface area (Å²) in [6.45, 7) is 0. The zero-order valence-corrected chi connectivity index (χ0v) is 9.13. The third kappa shape index (κ3) is 1.63. The normalized spacial score (nSPS) is 19.8. The summed E-state index contributed by atoms with van der Waals surface area (Å²) in [7, 11) is 0. The Bertz CT molecular complexity index is 299. The minimum absolute atomic E-state index is 0.275. The predicted octanol–water partition coefficient (Wildman–Crippen LogP) is 3.13. The van der Waals surface area contributed by atoms with Crippen molar-refractivity contribution < 1.29 is 5.11 Å². The maximum Gasteiger partial charge on any atom is 0.115 e. The minimum Gasteiger partial charge on any atom is -0.508 e. The fourth-order valence-electron chi connectivity index (χ4n) is 2.40. The number of thiol groups is 1. The van der Waals surface area contributed by atoms with Gasteiger partial charge >= 0.3 is 0 Å². The Morgan fingerprint density at radius 3 is 2.21 bits per heavy atom. The van der Waals surface area contributed by atoms with E-state index in [1.54, 1.807) is 12.1 Å². The summed E-state index contributed by atoms with van der Waals surface area (Å²) >= 11 is 4.48. The first-order chi connectivity index (χ1) is 6.77. The molecule has 0 amide bonds. The van der Waals surface area contributed by atoms with E-state index in [0.29, 0.717) is 5.75 Å². The van der Waals surface area contributed by atoms with E-state index >= 15 is 0 Å². The number of phenolic OH excluding ortho intramolecular Hbond substituents is 1. The molecule has 1 aliphatic carbocycles. The number of rotatable bonds is 2. The van der Waals surface area contributed by atoms with Gasteiger partial charge in [0.2, 0.25) is 0 Å². The summed E-state index contributed by atoms with van der Waals surface area (Å²) in [5, 5.41) is 9.24. The highest BCUT2D eigenvalue weighted by Crippen LogP contribution is 2.42. The zero-order chi connectivity index (χ0) is 10.0. The second kappa shape index (κ2) is 3.85. The molecule has 0 aliphatic heterocycles. The van der Waals surface area contributed by atoms with Crippen molar-refractivity contribution in [1.29, 1.82) is 0 Å². The van der Waals surface area contributed by atoms with Gasteiger partial charge in [-0.3, -0.25) is 0 Å². The molecule has 1 N–H and O–H groups in total. The van der Waals surface area contributed by atoms with Crippen LogP contribution in [0.1, 0.15) is 31.2 Å². The lowest BCUT2D eigenvalue weighted by molar-refractivity contribution is 0.471. The van der Waals surface area contributed by atoms with Crippen molar-refractivity contribution in [3.63, 3.8) is 0 Å². The Balaban J connectivity index is 2.31. The van der Waals surface area contributed by atoms with Crippen LogP contribution in [-0.4, -0.2) is 10.9 Å². The zero-order valence-electron chi connectivity index (χ0n) is 8.24. The van der Waals surface area contributed by atoms with Gasteiger partial charge in [-0.25, -0.2) is 0 Å². The molecule has 0 spiro atoms. The first-order valence-electron chi connectivity index (χ1n) is 5.17. The molecule has 0 radical (unpaired) electrons. The first-order valence-corrected chi connectivity index (χ1v) is 5.80. The molecule has 0 unspecified atom stereocenters. The maximum atomic E-state index is 9.24. The van der Waals surface area contributed by atoms with Gasteiger partial charge in [-0.2, -0.15) is 12.6 Å². The van der Waals surface area contributed by atoms with E-state index in [-0.39, 0.29) is 5.41 Å². The number of benzene rings is 1. The van der Waals surface area contributed by atoms with Crippen molar-refractivity contribution in [2.24, 2.45) is 0 Å². The average molecular weight is 208 g/mol. The Morgan fingerprint density at radius 2 is 1.71 bits per heavy atom. The summed E-state index contributed by atoms with van der Waals surface area (Å²) in [6.07, 6.45) is 5.09. The van der Waals surface area contributed by atoms with Gasteiger partial charge < -0.3 is 5.11 Å². The first kappa shape index (κ1) is 9.91. The molecule has 0 atom stereocenters. The van der Waals surface area contributed by atoms with E-state index in [4.69, 9.17) is 0 Å². The molecule has 0 heterocycles. The smallest absolute Gasteiger partial charge is 0.115 e. The molecule has 2 rings (SSSR count). The van der Waals surface area contributed by atoms with E-state index in [2.05, 4.69) is 12.6 Å². The van der Waals surface area contributed by atoms with E-state index in [1.165, 1.54) is 31.2 Å². The van der Waals surface area contributed by atoms with Crippen molar-refractivity contribution in [1.82, 2.24) is 0 Å². The van der Waals surface area contributed by atoms with Crippen LogP contribution in [0.5, 0.6) is 5.75 Å². The predicted molar refractivity (Wildman–Crippen MR) is 62.1 cm³/mol. The highest BCUT2D eigenvalue weighted by Gasteiger charge is 2.33. The van der Waals surface area contributed by atoms with Crippen molar-refractivity contribution >= 4 is 12.6 Å². The molecule has 1 saturated carbocycles. The van der Waals surface area contributed by atoms with Crippen LogP contribution in [-0.2, 0) is 5.41 Å². The largest absolute Gasteiger partial charge is 0.508 e. The molecule has 1 fully saturated rings. The monoisotopic (exact) mass is 208 g/mol. The van der Waals surface area contributed by atoms with Gasteiger partial charge in [-0.05, 0) is 36.3 Å². The molecule has 0 saturated heterocycles. The molecule has 1 nitrogen and oxygen atoms in total. The SMILES string of the molecule is Oc1ccc(C2(CS)CCCC2)cc1. The number of hydrogen-bond acceptors (Lipinski definition) is 2. The standard InChI is InChI=1S/C12H16OS/c13-11-5-3-10(4-6-11)12(9-14)7-1-2-8-12/h3-6,13-14H,1-2,7-9H2. The van der Waals surface area contributed by atoms with Gasteiger partial charge in [0, 0.05) is 5.41 Å². The van der Waals surface area contributed by atoms with Crippen LogP contribution < -0.4 is 0 Å². The molecule has 0 aromatic heterocycles. The molecule has 0 bridgehead atoms. The highest BCUT2D eigenvalue weighted by molar-refractivity contribution is 7.80. The van der Waals surface area contributed by atoms with E-state index in [9.17, 15) is 5.11 Å². The van der Waals surface area contributed by atoms with Crippen LogP contribution in [0.25, 0.3) is 0 Å². The quantitative estimate of drug-likeness (QED) is 0.715. The second-order valence-electron chi connectivity index (χ2n) is 4.19. The number of phenols is 1. The Hall–Kier alpha value is -0.630. The summed E-state index contributed by atoms with van der Waals surface area (Å²) in [5.41, 5.74) is 1.61. The fraction of sp³-hybridized carbons (Fsp3) is 0.500. The van der Waals surface area contributed by atoms with Gasteiger partial charge in [-0.15, -0.1) is 0 Å². The van der Waals surface area contributed by atoms with E-state index in [1.807, 2.05) is 12.1 Å². The van der Waals surface area contributed by atoms with Crippen LogP contribution in [0.15, 0.2) is 24.3 Å². The molecule has 76 valence electrons. The maximum absolute atomic E-state index is 9.24. The molecule has 1 aromatic rings. The Morgan fingerprint density at radius 1 is 1.14 bits per heavy atom. The summed E-state index contributed by atoms with van der Waals surface area (Å²) < 4.78 is 0. The van der Waals surface area contributed by atoms with Crippen molar-refractivity contribution in [2.75, 3.05) is 5.75 Å². The molecule has 14 heavy (non-hydrogen) atoms. The molecule has 1 aromatic carbocycles. The van der Waals surface area contributed by atoms with Crippen molar-refractivity contribution in [3.05, 3.63) is 29.8 Å². The average Bonchev–Trinajstić information content (AvgIpc) is 2.68. The lowest BCUT2D eigenvalue weighted by Gasteiger charge is -2.27. The molecule has 2 heteroatoms. The van der Waals surface area contributed by atoms with E-state index in [0.717, 1.165) is 5.75 Å². The second-order valence-corrected chi connectivity index (χ2v) is 4.51. The van der Waals surface area contributed by atoms with Gasteiger partial charge in [-0.1, -0.05) is 25.0 Å². The third-order valence-corrected chi connectivity index (χ3v) is 3.95. The summed E-state index contributed by atoms with van der Waals surface area (Å²) in [6, 6.07) is 7.63. The van der Waals surface area contributed by atoms with Crippen molar-refractivity contribution in [2.45, 2.75) is 31.1 Å². The number of aromatic hydroxyl groups is 1. The Labute approximate surface area is 90.6 Å². The van der Waals surface area contributed by atoms with Crippen molar-refractivity contribution in [3.8, 4) is 5.75 Å². The minimum atomic E-state index is 0.275. The molecular formula is C12H16OS. The van der Waals surface area contributed by atoms with Crippen LogP contribution in [0.4, 0.5) is 0 Å². The van der Waals surface area contributed by atoms with Crippen LogP contribution in [0.2, 0.25) is 0 Å². The summed E-state index contributed by atoms with van der Waals surface area (Å²) in [5.74, 6) is 1.26. The van der Waals surface area contributed by atoms with Crippen LogP contribution in [0.3, 0.4) is 0 Å². The summed E-state index contributed by atoms with van der Waals surface area (Å²) in [4.78, 5) is 0. The van der Waals surface area contributed by atoms with Gasteiger partial charge in [0.25, 0.3) is 0 Å². The van der Waals surface area contributed by atoms with E-state index < -0.39 is 0 Å². The number of hydrogen-bond donors (Lipinski definition) is 2. The molecular weight excluding hydrogens is 192 g/mol. The fourth-order valence-corrected chi connectivity index (χ4v) is 2.90. The topological polar surface area (TPSA) is 20.2 Å². The molecule has 1 aliphatic rings. The third-order valence-electron chi connectivity index (χ3n) is 3.34. The van der Waals surface area contributed by atoms with Gasteiger partial charge in [0.1, 0.15) is 5.75 Å². The van der Waals surface area contributed by atoms with Gasteiger partial charge in [0.15, 0.2) is 0 Å². The van der Waals surface area contributed by atoms with Crippen LogP contribution in [0, 0.1) is 0 Å². The highest BCUT2D eigenvalue weighted by atomic mass is 32.1. The van der Waals surface area contributed by atoms with Gasteiger partial charge in [0.05, 0.1) is 0 Å². The Kier molecular flexibility index (Phi) is 2.73. The van der Waals surface area contributed by atoms with Crippen LogP contribution >= 0.6 is 12.6 Å².